The van der Waals surface area contributed by atoms with E-state index in [1.54, 1.807) is 27.8 Å². The summed E-state index contributed by atoms with van der Waals surface area (Å²) in [5.74, 6) is 0.633. The fourth-order valence-corrected chi connectivity index (χ4v) is 31.9. The first-order chi connectivity index (χ1) is 15.6. The van der Waals surface area contributed by atoms with E-state index in [4.69, 9.17) is 0 Å². The van der Waals surface area contributed by atoms with Crippen molar-refractivity contribution in [1.82, 2.24) is 0 Å². The van der Waals surface area contributed by atoms with E-state index in [9.17, 15) is 0 Å². The summed E-state index contributed by atoms with van der Waals surface area (Å²) in [5.41, 5.74) is 11.5. The molecule has 1 atom stereocenters. The zero-order valence-corrected chi connectivity index (χ0v) is 29.2. The van der Waals surface area contributed by atoms with Crippen molar-refractivity contribution in [1.29, 1.82) is 0 Å². The van der Waals surface area contributed by atoms with Gasteiger partial charge in [-0.3, -0.25) is 0 Å². The summed E-state index contributed by atoms with van der Waals surface area (Å²) >= 11 is -2.71. The monoisotopic (exact) mass is 692 g/mol. The topological polar surface area (TPSA) is 0 Å². The molecule has 0 N–H and O–H groups in total. The molecule has 2 aromatic rings. The summed E-state index contributed by atoms with van der Waals surface area (Å²) in [6, 6.07) is 15.1. The molecule has 0 bridgehead atoms. The third-order valence-corrected chi connectivity index (χ3v) is 26.9. The van der Waals surface area contributed by atoms with Crippen LogP contribution in [0.1, 0.15) is 95.2 Å². The van der Waals surface area contributed by atoms with Gasteiger partial charge in [0.05, 0.1) is 0 Å². The van der Waals surface area contributed by atoms with E-state index in [2.05, 4.69) is 118 Å². The van der Waals surface area contributed by atoms with Crippen molar-refractivity contribution in [2.24, 2.45) is 11.3 Å². The minimum absolute atomic E-state index is 0. The third-order valence-electron chi connectivity index (χ3n) is 8.76. The van der Waals surface area contributed by atoms with E-state index < -0.39 is 20.0 Å². The van der Waals surface area contributed by atoms with Crippen LogP contribution < -0.4 is 0 Å². The zero-order valence-electron chi connectivity index (χ0n) is 24.0. The Bertz CT molecular complexity index is 1160. The minimum atomic E-state index is -2.71. The molecule has 5 rings (SSSR count). The van der Waals surface area contributed by atoms with Crippen LogP contribution in [0.25, 0.3) is 11.1 Å². The van der Waals surface area contributed by atoms with Crippen molar-refractivity contribution in [2.45, 2.75) is 92.1 Å². The fraction of sp³-hybridized carbons (Fsp3) is 0.515. The normalized spacial score (nSPS) is 20.6. The quantitative estimate of drug-likeness (QED) is 0.275. The summed E-state index contributed by atoms with van der Waals surface area (Å²) in [5, 5.41) is 0. The standard InChI is InChI=1S/C21H25.C10H15.C2H4.2ClH.Hf/c1-20(2,3)16-9-7-14-11-15-8-10-17(21(4,5)6)13-19(15)18(14)12-16;1-8-5-6-9(7-8)10(2,3)4;1-2;;;/h7-13H,1-6H3;6-8H,1-4H3;1-2H2;2*1H;. The Morgan fingerprint density at radius 3 is 1.44 bits per heavy atom. The smallest absolute Gasteiger partial charge is 0.147 e. The van der Waals surface area contributed by atoms with E-state index in [-0.39, 0.29) is 41.1 Å². The number of hydrogen-bond donors (Lipinski definition) is 0. The molecule has 1 aliphatic heterocycles. The maximum absolute atomic E-state index is 2.71. The fourth-order valence-electron chi connectivity index (χ4n) is 6.43. The Morgan fingerprint density at radius 2 is 1.11 bits per heavy atom. The maximum atomic E-state index is 2.68. The minimum Gasteiger partial charge on any atom is -0.147 e. The van der Waals surface area contributed by atoms with Gasteiger partial charge in [0.25, 0.3) is 0 Å². The van der Waals surface area contributed by atoms with Crippen molar-refractivity contribution in [3.63, 3.8) is 0 Å². The number of allylic oxidation sites excluding steroid dienone is 4. The molecule has 196 valence electrons. The van der Waals surface area contributed by atoms with E-state index >= 15 is 0 Å². The molecule has 0 spiro atoms. The molecule has 0 nitrogen and oxygen atoms in total. The molecular weight excluding hydrogens is 646 g/mol. The van der Waals surface area contributed by atoms with Crippen LogP contribution in [0.15, 0.2) is 57.5 Å². The van der Waals surface area contributed by atoms with Crippen LogP contribution in [0.3, 0.4) is 0 Å². The van der Waals surface area contributed by atoms with Gasteiger partial charge in [-0.15, -0.1) is 24.8 Å². The predicted molar refractivity (Wildman–Crippen MR) is 160 cm³/mol. The summed E-state index contributed by atoms with van der Waals surface area (Å²) in [7, 11) is 0. The third kappa shape index (κ3) is 4.91. The van der Waals surface area contributed by atoms with Crippen LogP contribution >= 0.6 is 24.8 Å². The summed E-state index contributed by atoms with van der Waals surface area (Å²) < 4.78 is 5.66. The van der Waals surface area contributed by atoms with Crippen LogP contribution in [0.4, 0.5) is 0 Å². The van der Waals surface area contributed by atoms with Crippen LogP contribution in [0, 0.1) is 11.3 Å². The molecule has 1 heterocycles. The molecule has 2 aliphatic carbocycles. The SMILES string of the molecule is CC1C=C(C(C)(C)C)C=[C]1[Hf]1([CH]2c3ccc(C(C)(C)C)cc3-c3cc(C(C)(C)C)ccc32)[CH2][CH2]1.Cl.Cl. The summed E-state index contributed by atoms with van der Waals surface area (Å²) in [4.78, 5) is 0. The van der Waals surface area contributed by atoms with Gasteiger partial charge in [0.1, 0.15) is 0 Å². The second-order valence-electron chi connectivity index (χ2n) is 14.5. The van der Waals surface area contributed by atoms with Gasteiger partial charge in [0.2, 0.25) is 0 Å². The van der Waals surface area contributed by atoms with Gasteiger partial charge < -0.3 is 0 Å². The summed E-state index contributed by atoms with van der Waals surface area (Å²) in [6.45, 7) is 23.7. The molecule has 0 aromatic heterocycles. The first-order valence-electron chi connectivity index (χ1n) is 13.4. The van der Waals surface area contributed by atoms with Crippen molar-refractivity contribution in [2.75, 3.05) is 0 Å². The average Bonchev–Trinajstić information content (AvgIpc) is 3.28. The molecule has 2 aromatic carbocycles. The first-order valence-corrected chi connectivity index (χ1v) is 22.3. The van der Waals surface area contributed by atoms with Crippen molar-refractivity contribution in [3.8, 4) is 11.1 Å². The molecule has 0 amide bonds. The van der Waals surface area contributed by atoms with E-state index in [0.29, 0.717) is 9.59 Å². The van der Waals surface area contributed by atoms with Crippen LogP contribution in [-0.4, -0.2) is 0 Å². The molecule has 0 saturated carbocycles. The number of fused-ring (bicyclic) bond motifs is 3. The number of rotatable bonds is 2. The Morgan fingerprint density at radius 1 is 0.667 bits per heavy atom. The van der Waals surface area contributed by atoms with Crippen LogP contribution in [0.5, 0.6) is 0 Å². The number of hydrogen-bond acceptors (Lipinski definition) is 0. The predicted octanol–water partition coefficient (Wildman–Crippen LogP) is 10.7. The second-order valence-corrected chi connectivity index (χ2v) is 30.5. The average molecular weight is 692 g/mol. The van der Waals surface area contributed by atoms with Crippen molar-refractivity contribution < 1.29 is 20.0 Å². The largest absolute Gasteiger partial charge is 0.147 e. The van der Waals surface area contributed by atoms with Gasteiger partial charge in [-0.2, -0.15) is 0 Å². The van der Waals surface area contributed by atoms with Gasteiger partial charge in [-0.25, -0.2) is 0 Å². The van der Waals surface area contributed by atoms with Crippen molar-refractivity contribution in [3.05, 3.63) is 79.7 Å². The van der Waals surface area contributed by atoms with Gasteiger partial charge in [-0.1, -0.05) is 0 Å². The molecule has 1 fully saturated rings. The molecule has 3 heteroatoms. The van der Waals surface area contributed by atoms with E-state index in [1.807, 2.05) is 3.33 Å². The molecule has 1 saturated heterocycles. The van der Waals surface area contributed by atoms with E-state index in [0.717, 1.165) is 0 Å². The second kappa shape index (κ2) is 9.53. The van der Waals surface area contributed by atoms with Gasteiger partial charge >= 0.3 is 214 Å². The van der Waals surface area contributed by atoms with Gasteiger partial charge in [0, 0.05) is 0 Å². The van der Waals surface area contributed by atoms with Crippen LogP contribution in [0.2, 0.25) is 8.35 Å². The van der Waals surface area contributed by atoms with E-state index in [1.165, 1.54) is 19.5 Å². The number of halogens is 2. The molecule has 0 radical (unpaired) electrons. The maximum Gasteiger partial charge on any atom is -0.147 e. The Balaban J connectivity index is 0.00000180. The Labute approximate surface area is 237 Å². The van der Waals surface area contributed by atoms with Gasteiger partial charge in [0.15, 0.2) is 0 Å². The van der Waals surface area contributed by atoms with Gasteiger partial charge in [-0.05, 0) is 0 Å². The number of benzene rings is 2. The molecule has 1 unspecified atom stereocenters. The van der Waals surface area contributed by atoms with Crippen LogP contribution in [-0.2, 0) is 30.8 Å². The Kier molecular flexibility index (Phi) is 7.92. The Hall–Kier alpha value is -0.630. The van der Waals surface area contributed by atoms with Crippen molar-refractivity contribution >= 4 is 24.8 Å². The zero-order chi connectivity index (χ0) is 24.8. The molecule has 36 heavy (non-hydrogen) atoms. The first kappa shape index (κ1) is 29.9. The molecule has 3 aliphatic rings. The summed E-state index contributed by atoms with van der Waals surface area (Å²) in [6.07, 6.45) is 5.28. The molecular formula is C33H46Cl2Hf.